The molecule has 4 N–H and O–H groups in total. The Balaban J connectivity index is 3.63. The smallest absolute Gasteiger partial charge is 0.322 e. The highest BCUT2D eigenvalue weighted by atomic mass is 32.1. The van der Waals surface area contributed by atoms with Gasteiger partial charge in [-0.1, -0.05) is 12.2 Å². The summed E-state index contributed by atoms with van der Waals surface area (Å²) in [5.74, 6) is -2.17. The van der Waals surface area contributed by atoms with Crippen molar-refractivity contribution in [2.45, 2.75) is 0 Å². The molecule has 0 unspecified atom stereocenters. The Morgan fingerprint density at radius 2 is 1.44 bits per heavy atom. The molecule has 0 saturated carbocycles. The van der Waals surface area contributed by atoms with Crippen LogP contribution in [0.2, 0.25) is 0 Å². The summed E-state index contributed by atoms with van der Waals surface area (Å²) in [6.07, 6.45) is 0. The van der Waals surface area contributed by atoms with E-state index in [9.17, 15) is 14.4 Å². The van der Waals surface area contributed by atoms with Crippen molar-refractivity contribution >= 4 is 47.0 Å². The molecule has 0 spiro atoms. The van der Waals surface area contributed by atoms with Gasteiger partial charge in [-0.15, -0.1) is 12.6 Å². The molecule has 0 radical (unpaired) electrons. The highest BCUT2D eigenvalue weighted by Crippen LogP contribution is 1.76. The minimum atomic E-state index is -1.15. The van der Waals surface area contributed by atoms with Crippen molar-refractivity contribution in [2.75, 3.05) is 19.6 Å². The van der Waals surface area contributed by atoms with Gasteiger partial charge in [-0.2, -0.15) is 0 Å². The van der Waals surface area contributed by atoms with Gasteiger partial charge in [-0.3, -0.25) is 14.4 Å². The lowest BCUT2D eigenvalue weighted by Gasteiger charge is -2.05. The van der Waals surface area contributed by atoms with Gasteiger partial charge < -0.3 is 21.1 Å². The summed E-state index contributed by atoms with van der Waals surface area (Å²) in [7, 11) is 0. The fourth-order valence-electron chi connectivity index (χ4n) is 0.634. The number of hydrogen-bond donors (Lipinski definition) is 5. The Morgan fingerprint density at radius 1 is 1.00 bits per heavy atom. The van der Waals surface area contributed by atoms with Crippen LogP contribution in [0.15, 0.2) is 0 Å². The molecule has 90 valence electrons. The molecule has 0 aromatic heterocycles. The van der Waals surface area contributed by atoms with Gasteiger partial charge in [-0.05, 0) is 0 Å². The molecule has 0 aliphatic rings. The molecule has 0 saturated heterocycles. The third kappa shape index (κ3) is 9.21. The number of carbonyl (C=O) groups excluding carboxylic acids is 2. The van der Waals surface area contributed by atoms with Gasteiger partial charge in [0.05, 0.1) is 13.1 Å². The summed E-state index contributed by atoms with van der Waals surface area (Å²) in [6, 6.07) is 0. The van der Waals surface area contributed by atoms with Gasteiger partial charge in [0, 0.05) is 0 Å². The number of aliphatic carboxylic acids is 1. The Kier molecular flexibility index (Phi) is 7.21. The predicted octanol–water partition coefficient (Wildman–Crippen LogP) is -1.89. The van der Waals surface area contributed by atoms with Crippen LogP contribution in [0.4, 0.5) is 0 Å². The quantitative estimate of drug-likeness (QED) is 0.284. The van der Waals surface area contributed by atoms with Crippen molar-refractivity contribution in [3.63, 3.8) is 0 Å². The molecule has 0 aromatic rings. The second-order valence-corrected chi connectivity index (χ2v) is 3.76. The van der Waals surface area contributed by atoms with Crippen molar-refractivity contribution in [1.29, 1.82) is 0 Å². The van der Waals surface area contributed by atoms with Crippen LogP contribution in [0.3, 0.4) is 0 Å². The molecule has 16 heavy (non-hydrogen) atoms. The van der Waals surface area contributed by atoms with Gasteiger partial charge in [0.2, 0.25) is 11.8 Å². The summed E-state index contributed by atoms with van der Waals surface area (Å²) >= 11 is 8.28. The fraction of sp³-hybridized carbons (Fsp3) is 0.429. The van der Waals surface area contributed by atoms with E-state index in [0.717, 1.165) is 0 Å². The Bertz CT molecular complexity index is 278. The lowest BCUT2D eigenvalue weighted by molar-refractivity contribution is -0.137. The van der Waals surface area contributed by atoms with Crippen molar-refractivity contribution in [3.05, 3.63) is 0 Å². The van der Waals surface area contributed by atoms with Crippen LogP contribution in [-0.2, 0) is 14.4 Å². The van der Waals surface area contributed by atoms with Crippen LogP contribution >= 0.6 is 24.8 Å². The molecule has 0 aliphatic heterocycles. The van der Waals surface area contributed by atoms with E-state index in [4.69, 9.17) is 5.11 Å². The molecule has 9 heteroatoms. The third-order valence-electron chi connectivity index (χ3n) is 1.28. The highest BCUT2D eigenvalue weighted by Gasteiger charge is 2.06. The van der Waals surface area contributed by atoms with Crippen molar-refractivity contribution < 1.29 is 19.5 Å². The Labute approximate surface area is 102 Å². The number of carbonyl (C=O) groups is 3. The van der Waals surface area contributed by atoms with E-state index in [1.165, 1.54) is 0 Å². The zero-order valence-electron chi connectivity index (χ0n) is 8.15. The number of rotatable bonds is 6. The number of carboxylic acids is 1. The van der Waals surface area contributed by atoms with Crippen LogP contribution in [0, 0.1) is 0 Å². The lowest BCUT2D eigenvalue weighted by atomic mass is 10.5. The minimum absolute atomic E-state index is 0.0887. The molecule has 0 aliphatic carbocycles. The molecule has 2 amide bonds. The molecule has 7 nitrogen and oxygen atoms in total. The number of thiocarbonyl (C=S) groups is 1. The summed E-state index contributed by atoms with van der Waals surface area (Å²) in [5.41, 5.74) is 0. The molecule has 0 heterocycles. The van der Waals surface area contributed by atoms with E-state index in [1.807, 2.05) is 0 Å². The SMILES string of the molecule is O=C(O)CNC(=O)CNC(=O)CNC(=S)S. The maximum absolute atomic E-state index is 11.0. The maximum Gasteiger partial charge on any atom is 0.322 e. The van der Waals surface area contributed by atoms with Crippen LogP contribution in [0.1, 0.15) is 0 Å². The molecule has 0 aromatic carbocycles. The minimum Gasteiger partial charge on any atom is -0.480 e. The van der Waals surface area contributed by atoms with Gasteiger partial charge in [0.1, 0.15) is 10.9 Å². The summed E-state index contributed by atoms with van der Waals surface area (Å²) < 4.78 is 0.172. The fourth-order valence-corrected chi connectivity index (χ4v) is 0.785. The molecular weight excluding hydrogens is 254 g/mol. The van der Waals surface area contributed by atoms with Gasteiger partial charge >= 0.3 is 5.97 Å². The normalized spacial score (nSPS) is 9.06. The van der Waals surface area contributed by atoms with E-state index >= 15 is 0 Å². The van der Waals surface area contributed by atoms with Gasteiger partial charge in [0.25, 0.3) is 0 Å². The zero-order chi connectivity index (χ0) is 12.6. The van der Waals surface area contributed by atoms with Crippen LogP contribution in [0.5, 0.6) is 0 Å². The number of thiol groups is 1. The maximum atomic E-state index is 11.0. The highest BCUT2D eigenvalue weighted by molar-refractivity contribution is 8.11. The van der Waals surface area contributed by atoms with E-state index < -0.39 is 24.3 Å². The summed E-state index contributed by atoms with van der Waals surface area (Å²) in [4.78, 5) is 32.1. The van der Waals surface area contributed by atoms with E-state index in [2.05, 4.69) is 40.8 Å². The molecule has 0 rings (SSSR count). The lowest BCUT2D eigenvalue weighted by Crippen LogP contribution is -2.42. The average molecular weight is 265 g/mol. The van der Waals surface area contributed by atoms with Crippen LogP contribution < -0.4 is 16.0 Å². The Morgan fingerprint density at radius 3 is 1.88 bits per heavy atom. The van der Waals surface area contributed by atoms with Crippen molar-refractivity contribution in [2.24, 2.45) is 0 Å². The third-order valence-corrected chi connectivity index (χ3v) is 1.59. The second kappa shape index (κ2) is 7.88. The largest absolute Gasteiger partial charge is 0.480 e. The van der Waals surface area contributed by atoms with Crippen molar-refractivity contribution in [3.8, 4) is 0 Å². The second-order valence-electron chi connectivity index (χ2n) is 2.61. The van der Waals surface area contributed by atoms with Crippen LogP contribution in [-0.4, -0.2) is 46.8 Å². The first-order chi connectivity index (χ1) is 7.41. The molecule has 0 fully saturated rings. The van der Waals surface area contributed by atoms with Crippen molar-refractivity contribution in [1.82, 2.24) is 16.0 Å². The van der Waals surface area contributed by atoms with Crippen LogP contribution in [0.25, 0.3) is 0 Å². The summed E-state index contributed by atoms with van der Waals surface area (Å²) in [6.45, 7) is -0.852. The molecular formula is C7H11N3O4S2. The molecule has 0 bridgehead atoms. The average Bonchev–Trinajstić information content (AvgIpc) is 2.20. The first-order valence-electron chi connectivity index (χ1n) is 4.14. The first-order valence-corrected chi connectivity index (χ1v) is 4.99. The molecule has 0 atom stereocenters. The standard InChI is InChI=1S/C7H11N3O4S2/c11-4(9-3-6(13)14)1-8-5(12)2-10-7(15)16/h1-3H2,(H,8,12)(H,9,11)(H,13,14)(H2,10,15,16). The number of carboxylic acid groups (broad SMARTS) is 1. The zero-order valence-corrected chi connectivity index (χ0v) is 9.86. The number of amides is 2. The first kappa shape index (κ1) is 14.6. The summed E-state index contributed by atoms with van der Waals surface area (Å²) in [5, 5.41) is 15.1. The topological polar surface area (TPSA) is 108 Å². The number of hydrogen-bond acceptors (Lipinski definition) is 4. The van der Waals surface area contributed by atoms with E-state index in [1.54, 1.807) is 0 Å². The predicted molar refractivity (Wildman–Crippen MR) is 63.2 cm³/mol. The number of nitrogens with one attached hydrogen (secondary N) is 3. The van der Waals surface area contributed by atoms with Gasteiger partial charge in [0.15, 0.2) is 0 Å². The van der Waals surface area contributed by atoms with E-state index in [-0.39, 0.29) is 17.4 Å². The van der Waals surface area contributed by atoms with E-state index in [0.29, 0.717) is 0 Å². The Hall–Kier alpha value is -1.35. The monoisotopic (exact) mass is 265 g/mol. The van der Waals surface area contributed by atoms with Gasteiger partial charge in [-0.25, -0.2) is 0 Å².